The summed E-state index contributed by atoms with van der Waals surface area (Å²) in [5.74, 6) is 1.51. The van der Waals surface area contributed by atoms with Gasteiger partial charge in [-0.15, -0.1) is 12.3 Å². The minimum atomic E-state index is -1.06. The molecule has 0 bridgehead atoms. The summed E-state index contributed by atoms with van der Waals surface area (Å²) in [5.41, 5.74) is 6.93. The van der Waals surface area contributed by atoms with Gasteiger partial charge < -0.3 is 15.9 Å². The SMILES string of the molecule is C#CCc1cc(O)ccc1C[C@H](N)C(=O)O. The standard InChI is InChI=1S/C12H13NO3/c1-2-3-8-6-10(14)5-4-9(8)7-11(13)12(15)16/h1,4-6,11,14H,3,7,13H2,(H,15,16)/t11-/m0/s1. The molecule has 0 aliphatic heterocycles. The van der Waals surface area contributed by atoms with Gasteiger partial charge in [0, 0.05) is 6.42 Å². The van der Waals surface area contributed by atoms with E-state index in [0.29, 0.717) is 6.42 Å². The van der Waals surface area contributed by atoms with Crippen molar-refractivity contribution < 1.29 is 15.0 Å². The van der Waals surface area contributed by atoms with Gasteiger partial charge >= 0.3 is 5.97 Å². The Balaban J connectivity index is 2.95. The lowest BCUT2D eigenvalue weighted by atomic mass is 9.98. The number of carboxylic acids is 1. The highest BCUT2D eigenvalue weighted by atomic mass is 16.4. The first-order valence-electron chi connectivity index (χ1n) is 4.77. The van der Waals surface area contributed by atoms with Crippen molar-refractivity contribution in [2.24, 2.45) is 5.73 Å². The predicted octanol–water partition coefficient (Wildman–Crippen LogP) is 0.522. The fourth-order valence-corrected chi connectivity index (χ4v) is 1.41. The molecular formula is C12H13NO3. The number of aliphatic carboxylic acids is 1. The number of carbonyl (C=O) groups is 1. The van der Waals surface area contributed by atoms with E-state index in [1.54, 1.807) is 6.07 Å². The van der Waals surface area contributed by atoms with Crippen molar-refractivity contribution in [1.82, 2.24) is 0 Å². The number of phenolic OH excluding ortho intramolecular Hbond substituents is 1. The van der Waals surface area contributed by atoms with E-state index in [-0.39, 0.29) is 12.2 Å². The van der Waals surface area contributed by atoms with Crippen molar-refractivity contribution in [3.63, 3.8) is 0 Å². The second kappa shape index (κ2) is 5.19. The third-order valence-electron chi connectivity index (χ3n) is 2.24. The molecule has 0 spiro atoms. The molecule has 1 atom stereocenters. The molecule has 4 nitrogen and oxygen atoms in total. The number of rotatable bonds is 4. The summed E-state index contributed by atoms with van der Waals surface area (Å²) < 4.78 is 0. The number of hydrogen-bond donors (Lipinski definition) is 3. The van der Waals surface area contributed by atoms with Crippen molar-refractivity contribution in [2.75, 3.05) is 0 Å². The Morgan fingerprint density at radius 1 is 1.50 bits per heavy atom. The zero-order valence-electron chi connectivity index (χ0n) is 8.68. The Kier molecular flexibility index (Phi) is 3.92. The third-order valence-corrected chi connectivity index (χ3v) is 2.24. The summed E-state index contributed by atoms with van der Waals surface area (Å²) in [6, 6.07) is 3.71. The lowest BCUT2D eigenvalue weighted by Gasteiger charge is -2.10. The fraction of sp³-hybridized carbons (Fsp3) is 0.250. The summed E-state index contributed by atoms with van der Waals surface area (Å²) >= 11 is 0. The summed E-state index contributed by atoms with van der Waals surface area (Å²) in [4.78, 5) is 10.6. The average molecular weight is 219 g/mol. The molecule has 0 unspecified atom stereocenters. The monoisotopic (exact) mass is 219 g/mol. The molecular weight excluding hydrogens is 206 g/mol. The second-order valence-corrected chi connectivity index (χ2v) is 3.48. The molecule has 0 aromatic heterocycles. The van der Waals surface area contributed by atoms with Crippen LogP contribution in [0, 0.1) is 12.3 Å². The number of carboxylic acid groups (broad SMARTS) is 1. The minimum Gasteiger partial charge on any atom is -0.508 e. The molecule has 4 N–H and O–H groups in total. The maximum Gasteiger partial charge on any atom is 0.320 e. The molecule has 0 amide bonds. The van der Waals surface area contributed by atoms with Crippen molar-refractivity contribution >= 4 is 5.97 Å². The van der Waals surface area contributed by atoms with Crippen LogP contribution in [0.3, 0.4) is 0 Å². The number of terminal acetylenes is 1. The van der Waals surface area contributed by atoms with Crippen LogP contribution in [0.25, 0.3) is 0 Å². The highest BCUT2D eigenvalue weighted by Crippen LogP contribution is 2.18. The van der Waals surface area contributed by atoms with Gasteiger partial charge in [-0.3, -0.25) is 4.79 Å². The zero-order valence-corrected chi connectivity index (χ0v) is 8.68. The van der Waals surface area contributed by atoms with E-state index in [1.165, 1.54) is 12.1 Å². The van der Waals surface area contributed by atoms with Crippen molar-refractivity contribution in [1.29, 1.82) is 0 Å². The molecule has 1 aromatic carbocycles. The Labute approximate surface area is 93.7 Å². The van der Waals surface area contributed by atoms with Gasteiger partial charge in [0.2, 0.25) is 0 Å². The van der Waals surface area contributed by atoms with E-state index in [0.717, 1.165) is 11.1 Å². The molecule has 0 saturated heterocycles. The highest BCUT2D eigenvalue weighted by Gasteiger charge is 2.14. The fourth-order valence-electron chi connectivity index (χ4n) is 1.41. The van der Waals surface area contributed by atoms with Gasteiger partial charge in [0.25, 0.3) is 0 Å². The number of phenols is 1. The van der Waals surface area contributed by atoms with Gasteiger partial charge in [0.1, 0.15) is 11.8 Å². The second-order valence-electron chi connectivity index (χ2n) is 3.48. The normalized spacial score (nSPS) is 11.8. The van der Waals surface area contributed by atoms with Gasteiger partial charge in [-0.1, -0.05) is 6.07 Å². The van der Waals surface area contributed by atoms with Crippen LogP contribution in [-0.2, 0) is 17.6 Å². The van der Waals surface area contributed by atoms with Crippen molar-refractivity contribution in [3.8, 4) is 18.1 Å². The molecule has 0 heterocycles. The first kappa shape index (κ1) is 12.1. The van der Waals surface area contributed by atoms with E-state index in [9.17, 15) is 9.90 Å². The van der Waals surface area contributed by atoms with E-state index in [4.69, 9.17) is 17.3 Å². The van der Waals surface area contributed by atoms with E-state index < -0.39 is 12.0 Å². The quantitative estimate of drug-likeness (QED) is 0.645. The summed E-state index contributed by atoms with van der Waals surface area (Å²) in [5, 5.41) is 18.0. The topological polar surface area (TPSA) is 83.5 Å². The average Bonchev–Trinajstić information content (AvgIpc) is 2.22. The van der Waals surface area contributed by atoms with E-state index >= 15 is 0 Å². The Bertz CT molecular complexity index is 434. The lowest BCUT2D eigenvalue weighted by Crippen LogP contribution is -2.32. The van der Waals surface area contributed by atoms with Crippen molar-refractivity contribution in [3.05, 3.63) is 29.3 Å². The maximum absolute atomic E-state index is 10.6. The molecule has 1 aromatic rings. The molecule has 0 aliphatic carbocycles. The van der Waals surface area contributed by atoms with Crippen LogP contribution in [0.5, 0.6) is 5.75 Å². The minimum absolute atomic E-state index is 0.109. The molecule has 4 heteroatoms. The largest absolute Gasteiger partial charge is 0.508 e. The van der Waals surface area contributed by atoms with Crippen LogP contribution < -0.4 is 5.73 Å². The van der Waals surface area contributed by atoms with Crippen LogP contribution in [0.1, 0.15) is 11.1 Å². The van der Waals surface area contributed by atoms with Gasteiger partial charge in [-0.25, -0.2) is 0 Å². The van der Waals surface area contributed by atoms with Gasteiger partial charge in [0.05, 0.1) is 0 Å². The molecule has 16 heavy (non-hydrogen) atoms. The number of nitrogens with two attached hydrogens (primary N) is 1. The first-order chi connectivity index (χ1) is 7.54. The smallest absolute Gasteiger partial charge is 0.320 e. The molecule has 0 radical (unpaired) electrons. The zero-order chi connectivity index (χ0) is 12.1. The Morgan fingerprint density at radius 2 is 2.19 bits per heavy atom. The van der Waals surface area contributed by atoms with E-state index in [2.05, 4.69) is 5.92 Å². The molecule has 84 valence electrons. The highest BCUT2D eigenvalue weighted by molar-refractivity contribution is 5.73. The summed E-state index contributed by atoms with van der Waals surface area (Å²) in [7, 11) is 0. The molecule has 0 fully saturated rings. The van der Waals surface area contributed by atoms with Crippen LogP contribution in [0.2, 0.25) is 0 Å². The molecule has 0 saturated carbocycles. The molecule has 0 aliphatic rings. The number of hydrogen-bond acceptors (Lipinski definition) is 3. The molecule has 1 rings (SSSR count). The summed E-state index contributed by atoms with van der Waals surface area (Å²) in [6.45, 7) is 0. The number of aromatic hydroxyl groups is 1. The van der Waals surface area contributed by atoms with Crippen molar-refractivity contribution in [2.45, 2.75) is 18.9 Å². The Hall–Kier alpha value is -1.99. The van der Waals surface area contributed by atoms with Gasteiger partial charge in [0.15, 0.2) is 0 Å². The van der Waals surface area contributed by atoms with Gasteiger partial charge in [-0.05, 0) is 29.7 Å². The van der Waals surface area contributed by atoms with Crippen LogP contribution >= 0.6 is 0 Å². The van der Waals surface area contributed by atoms with Crippen LogP contribution in [0.15, 0.2) is 18.2 Å². The number of benzene rings is 1. The first-order valence-corrected chi connectivity index (χ1v) is 4.77. The maximum atomic E-state index is 10.6. The predicted molar refractivity (Wildman–Crippen MR) is 60.0 cm³/mol. The Morgan fingerprint density at radius 3 is 2.75 bits per heavy atom. The third kappa shape index (κ3) is 3.01. The van der Waals surface area contributed by atoms with Crippen LogP contribution in [0.4, 0.5) is 0 Å². The summed E-state index contributed by atoms with van der Waals surface area (Å²) in [6.07, 6.45) is 5.74. The van der Waals surface area contributed by atoms with E-state index in [1.807, 2.05) is 0 Å². The van der Waals surface area contributed by atoms with Crippen LogP contribution in [-0.4, -0.2) is 22.2 Å². The van der Waals surface area contributed by atoms with Gasteiger partial charge in [-0.2, -0.15) is 0 Å². The lowest BCUT2D eigenvalue weighted by molar-refractivity contribution is -0.138.